The number of anilines is 1. The second kappa shape index (κ2) is 6.28. The van der Waals surface area contributed by atoms with Crippen molar-refractivity contribution < 1.29 is 4.79 Å². The van der Waals surface area contributed by atoms with Gasteiger partial charge in [0.15, 0.2) is 0 Å². The van der Waals surface area contributed by atoms with Crippen molar-refractivity contribution in [2.75, 3.05) is 11.9 Å². The SMILES string of the molecule is O=C(Nc1cc(Cl)ccc1-n1cccn1)[C@@H]1CCCCN1. The van der Waals surface area contributed by atoms with E-state index in [1.165, 1.54) is 0 Å². The van der Waals surface area contributed by atoms with Crippen molar-refractivity contribution in [1.29, 1.82) is 0 Å². The first kappa shape index (κ1) is 14.1. The summed E-state index contributed by atoms with van der Waals surface area (Å²) in [5, 5.41) is 11.0. The highest BCUT2D eigenvalue weighted by Gasteiger charge is 2.21. The quantitative estimate of drug-likeness (QED) is 0.916. The topological polar surface area (TPSA) is 59.0 Å². The molecule has 0 bridgehead atoms. The van der Waals surface area contributed by atoms with Crippen LogP contribution in [0.1, 0.15) is 19.3 Å². The molecular weight excluding hydrogens is 288 g/mol. The average Bonchev–Trinajstić information content (AvgIpc) is 3.02. The smallest absolute Gasteiger partial charge is 0.241 e. The van der Waals surface area contributed by atoms with Gasteiger partial charge in [0.1, 0.15) is 0 Å². The first-order chi connectivity index (χ1) is 10.2. The van der Waals surface area contributed by atoms with Gasteiger partial charge in [0, 0.05) is 17.4 Å². The summed E-state index contributed by atoms with van der Waals surface area (Å²) in [5.41, 5.74) is 1.47. The molecule has 0 radical (unpaired) electrons. The van der Waals surface area contributed by atoms with E-state index in [2.05, 4.69) is 15.7 Å². The summed E-state index contributed by atoms with van der Waals surface area (Å²) in [6.45, 7) is 0.889. The molecule has 5 nitrogen and oxygen atoms in total. The predicted molar refractivity (Wildman–Crippen MR) is 82.8 cm³/mol. The van der Waals surface area contributed by atoms with Crippen molar-refractivity contribution in [2.45, 2.75) is 25.3 Å². The van der Waals surface area contributed by atoms with Crippen LogP contribution in [-0.4, -0.2) is 28.3 Å². The lowest BCUT2D eigenvalue weighted by Crippen LogP contribution is -2.43. The zero-order valence-electron chi connectivity index (χ0n) is 11.6. The van der Waals surface area contributed by atoms with Gasteiger partial charge in [0.25, 0.3) is 0 Å². The summed E-state index contributed by atoms with van der Waals surface area (Å²) in [4.78, 5) is 12.4. The lowest BCUT2D eigenvalue weighted by Gasteiger charge is -2.23. The third-order valence-electron chi connectivity index (χ3n) is 3.59. The van der Waals surface area contributed by atoms with Gasteiger partial charge >= 0.3 is 0 Å². The Balaban J connectivity index is 1.84. The van der Waals surface area contributed by atoms with Crippen molar-refractivity contribution >= 4 is 23.2 Å². The summed E-state index contributed by atoms with van der Waals surface area (Å²) in [5.74, 6) is -0.0228. The minimum atomic E-state index is -0.136. The molecule has 3 rings (SSSR count). The zero-order chi connectivity index (χ0) is 14.7. The van der Waals surface area contributed by atoms with E-state index in [0.29, 0.717) is 10.7 Å². The second-order valence-corrected chi connectivity index (χ2v) is 5.54. The summed E-state index contributed by atoms with van der Waals surface area (Å²) in [7, 11) is 0. The van der Waals surface area contributed by atoms with Crippen LogP contribution in [0.2, 0.25) is 5.02 Å². The Kier molecular flexibility index (Phi) is 4.22. The van der Waals surface area contributed by atoms with Crippen LogP contribution in [0, 0.1) is 0 Å². The molecule has 6 heteroatoms. The normalized spacial score (nSPS) is 18.4. The van der Waals surface area contributed by atoms with Crippen LogP contribution >= 0.6 is 11.6 Å². The number of rotatable bonds is 3. The van der Waals surface area contributed by atoms with Crippen LogP contribution in [0.5, 0.6) is 0 Å². The number of piperidine rings is 1. The number of benzene rings is 1. The number of halogens is 1. The Morgan fingerprint density at radius 2 is 2.33 bits per heavy atom. The van der Waals surface area contributed by atoms with Gasteiger partial charge < -0.3 is 10.6 Å². The van der Waals surface area contributed by atoms with Gasteiger partial charge in [-0.15, -0.1) is 0 Å². The molecule has 2 aromatic rings. The van der Waals surface area contributed by atoms with Gasteiger partial charge in [-0.05, 0) is 43.7 Å². The van der Waals surface area contributed by atoms with Crippen LogP contribution in [0.25, 0.3) is 5.69 Å². The Morgan fingerprint density at radius 1 is 1.43 bits per heavy atom. The number of aromatic nitrogens is 2. The minimum Gasteiger partial charge on any atom is -0.323 e. The Labute approximate surface area is 128 Å². The van der Waals surface area contributed by atoms with E-state index in [4.69, 9.17) is 11.6 Å². The number of hydrogen-bond donors (Lipinski definition) is 2. The van der Waals surface area contributed by atoms with Crippen LogP contribution in [0.3, 0.4) is 0 Å². The van der Waals surface area contributed by atoms with Crippen molar-refractivity contribution in [1.82, 2.24) is 15.1 Å². The molecular formula is C15H17ClN4O. The maximum atomic E-state index is 12.4. The molecule has 110 valence electrons. The highest BCUT2D eigenvalue weighted by molar-refractivity contribution is 6.31. The number of hydrogen-bond acceptors (Lipinski definition) is 3. The number of nitrogens with zero attached hydrogens (tertiary/aromatic N) is 2. The van der Waals surface area contributed by atoms with E-state index < -0.39 is 0 Å². The van der Waals surface area contributed by atoms with Gasteiger partial charge in [-0.2, -0.15) is 5.10 Å². The maximum Gasteiger partial charge on any atom is 0.241 e. The summed E-state index contributed by atoms with van der Waals surface area (Å²) in [6.07, 6.45) is 6.59. The molecule has 1 aliphatic heterocycles. The third-order valence-corrected chi connectivity index (χ3v) is 3.83. The molecule has 0 aliphatic carbocycles. The maximum absolute atomic E-state index is 12.4. The summed E-state index contributed by atoms with van der Waals surface area (Å²) < 4.78 is 1.71. The molecule has 1 aromatic heterocycles. The van der Waals surface area contributed by atoms with E-state index >= 15 is 0 Å². The molecule has 1 aromatic carbocycles. The number of carbonyl (C=O) groups excluding carboxylic acids is 1. The standard InChI is InChI=1S/C15H17ClN4O/c16-11-5-6-14(20-9-3-8-18-20)13(10-11)19-15(21)12-4-1-2-7-17-12/h3,5-6,8-10,12,17H,1-2,4,7H2,(H,19,21)/t12-/m0/s1. The molecule has 21 heavy (non-hydrogen) atoms. The molecule has 1 aliphatic rings. The first-order valence-corrected chi connectivity index (χ1v) is 7.45. The summed E-state index contributed by atoms with van der Waals surface area (Å²) in [6, 6.07) is 7.08. The Hall–Kier alpha value is -1.85. The van der Waals surface area contributed by atoms with Crippen LogP contribution < -0.4 is 10.6 Å². The van der Waals surface area contributed by atoms with E-state index in [1.54, 1.807) is 23.0 Å². The van der Waals surface area contributed by atoms with Crippen molar-refractivity contribution in [3.8, 4) is 5.69 Å². The second-order valence-electron chi connectivity index (χ2n) is 5.10. The minimum absolute atomic E-state index is 0.0228. The largest absolute Gasteiger partial charge is 0.323 e. The number of amides is 1. The Bertz CT molecular complexity index is 621. The van der Waals surface area contributed by atoms with Gasteiger partial charge in [0.05, 0.1) is 17.4 Å². The molecule has 1 amide bonds. The van der Waals surface area contributed by atoms with Gasteiger partial charge in [-0.25, -0.2) is 4.68 Å². The first-order valence-electron chi connectivity index (χ1n) is 7.08. The number of nitrogens with one attached hydrogen (secondary N) is 2. The molecule has 0 saturated carbocycles. The van der Waals surface area contributed by atoms with E-state index in [0.717, 1.165) is 31.5 Å². The lowest BCUT2D eigenvalue weighted by molar-refractivity contribution is -0.118. The predicted octanol–water partition coefficient (Wildman–Crippen LogP) is 2.61. The monoisotopic (exact) mass is 304 g/mol. The highest BCUT2D eigenvalue weighted by atomic mass is 35.5. The molecule has 2 heterocycles. The highest BCUT2D eigenvalue weighted by Crippen LogP contribution is 2.24. The molecule has 2 N–H and O–H groups in total. The fourth-order valence-corrected chi connectivity index (χ4v) is 2.69. The fourth-order valence-electron chi connectivity index (χ4n) is 2.51. The molecule has 0 spiro atoms. The number of carbonyl (C=O) groups is 1. The van der Waals surface area contributed by atoms with Gasteiger partial charge in [-0.3, -0.25) is 4.79 Å². The van der Waals surface area contributed by atoms with E-state index in [9.17, 15) is 4.79 Å². The van der Waals surface area contributed by atoms with E-state index in [-0.39, 0.29) is 11.9 Å². The van der Waals surface area contributed by atoms with Crippen molar-refractivity contribution in [3.63, 3.8) is 0 Å². The van der Waals surface area contributed by atoms with E-state index in [1.807, 2.05) is 18.3 Å². The lowest BCUT2D eigenvalue weighted by atomic mass is 10.0. The fraction of sp³-hybridized carbons (Fsp3) is 0.333. The third kappa shape index (κ3) is 3.25. The summed E-state index contributed by atoms with van der Waals surface area (Å²) >= 11 is 6.05. The molecule has 1 saturated heterocycles. The Morgan fingerprint density at radius 3 is 3.05 bits per heavy atom. The van der Waals surface area contributed by atoms with Crippen LogP contribution in [0.15, 0.2) is 36.7 Å². The van der Waals surface area contributed by atoms with Gasteiger partial charge in [-0.1, -0.05) is 18.0 Å². The van der Waals surface area contributed by atoms with Gasteiger partial charge in [0.2, 0.25) is 5.91 Å². The molecule has 1 atom stereocenters. The molecule has 1 fully saturated rings. The van der Waals surface area contributed by atoms with Crippen molar-refractivity contribution in [2.24, 2.45) is 0 Å². The van der Waals surface area contributed by atoms with Crippen LogP contribution in [-0.2, 0) is 4.79 Å². The average molecular weight is 305 g/mol. The molecule has 0 unspecified atom stereocenters. The van der Waals surface area contributed by atoms with Crippen molar-refractivity contribution in [3.05, 3.63) is 41.7 Å². The zero-order valence-corrected chi connectivity index (χ0v) is 12.3. The van der Waals surface area contributed by atoms with Crippen LogP contribution in [0.4, 0.5) is 5.69 Å².